The average molecular weight is 388 g/mol. The molecule has 1 fully saturated rings. The summed E-state index contributed by atoms with van der Waals surface area (Å²) in [6, 6.07) is 7.55. The highest BCUT2D eigenvalue weighted by Gasteiger charge is 2.28. The van der Waals surface area contributed by atoms with Crippen LogP contribution in [0.2, 0.25) is 5.02 Å². The molecule has 7 nitrogen and oxygen atoms in total. The molecule has 27 heavy (non-hydrogen) atoms. The van der Waals surface area contributed by atoms with Crippen molar-refractivity contribution in [3.63, 3.8) is 0 Å². The van der Waals surface area contributed by atoms with Crippen molar-refractivity contribution in [3.8, 4) is 11.8 Å². The molecule has 0 aliphatic carbocycles. The van der Waals surface area contributed by atoms with Crippen molar-refractivity contribution in [3.05, 3.63) is 47.4 Å². The van der Waals surface area contributed by atoms with Gasteiger partial charge < -0.3 is 18.8 Å². The number of carbonyl (C=O) groups is 1. The summed E-state index contributed by atoms with van der Waals surface area (Å²) in [7, 11) is 1.57. The second kappa shape index (κ2) is 7.44. The van der Waals surface area contributed by atoms with Gasteiger partial charge in [0.1, 0.15) is 6.10 Å². The van der Waals surface area contributed by atoms with Crippen molar-refractivity contribution in [2.45, 2.75) is 18.9 Å². The molecule has 0 unspecified atom stereocenters. The van der Waals surface area contributed by atoms with E-state index in [0.717, 1.165) is 18.2 Å². The Hall–Kier alpha value is -2.80. The molecule has 0 spiro atoms. The van der Waals surface area contributed by atoms with Crippen LogP contribution in [0.25, 0.3) is 11.0 Å². The van der Waals surface area contributed by atoms with E-state index in [1.807, 2.05) is 12.1 Å². The zero-order valence-electron chi connectivity index (χ0n) is 14.7. The summed E-state index contributed by atoms with van der Waals surface area (Å²) in [4.78, 5) is 22.7. The van der Waals surface area contributed by atoms with Crippen LogP contribution >= 0.6 is 11.6 Å². The van der Waals surface area contributed by atoms with Gasteiger partial charge in [-0.05, 0) is 25.0 Å². The number of ether oxygens (including phenoxy) is 2. The van der Waals surface area contributed by atoms with Crippen LogP contribution < -0.4 is 9.47 Å². The first-order valence-corrected chi connectivity index (χ1v) is 9.02. The number of methoxy groups -OCH3 is 1. The molecule has 140 valence electrons. The van der Waals surface area contributed by atoms with Gasteiger partial charge in [0.2, 0.25) is 0 Å². The minimum atomic E-state index is -0.178. The third-order valence-electron chi connectivity index (χ3n) is 4.47. The first-order chi connectivity index (χ1) is 13.1. The molecule has 2 aromatic heterocycles. The summed E-state index contributed by atoms with van der Waals surface area (Å²) in [5, 5.41) is 1.28. The molecule has 3 heterocycles. The molecule has 1 aliphatic rings. The number of carbonyl (C=O) groups excluding carboxylic acids is 1. The van der Waals surface area contributed by atoms with Gasteiger partial charge in [-0.15, -0.1) is 0 Å². The van der Waals surface area contributed by atoms with Crippen LogP contribution in [0, 0.1) is 0 Å². The van der Waals surface area contributed by atoms with E-state index in [2.05, 4.69) is 9.97 Å². The smallest absolute Gasteiger partial charge is 0.316 e. The normalized spacial score (nSPS) is 17.1. The molecular formula is C19H18ClN3O4. The first-order valence-electron chi connectivity index (χ1n) is 8.64. The van der Waals surface area contributed by atoms with Gasteiger partial charge in [0.25, 0.3) is 5.91 Å². The monoisotopic (exact) mass is 387 g/mol. The van der Waals surface area contributed by atoms with E-state index in [0.29, 0.717) is 29.4 Å². The fourth-order valence-corrected chi connectivity index (χ4v) is 3.29. The summed E-state index contributed by atoms with van der Waals surface area (Å²) in [6.45, 7) is 1.09. The molecule has 0 N–H and O–H groups in total. The van der Waals surface area contributed by atoms with Crippen LogP contribution in [0.1, 0.15) is 23.4 Å². The van der Waals surface area contributed by atoms with Gasteiger partial charge in [-0.1, -0.05) is 23.7 Å². The van der Waals surface area contributed by atoms with Crippen molar-refractivity contribution >= 4 is 28.5 Å². The van der Waals surface area contributed by atoms with E-state index in [1.54, 1.807) is 24.1 Å². The van der Waals surface area contributed by atoms with Crippen molar-refractivity contribution < 1.29 is 18.7 Å². The van der Waals surface area contributed by atoms with Crippen LogP contribution in [-0.4, -0.2) is 47.1 Å². The maximum atomic E-state index is 12.9. The maximum Gasteiger partial charge on any atom is 0.316 e. The number of halogens is 1. The van der Waals surface area contributed by atoms with Crippen molar-refractivity contribution in [2.24, 2.45) is 0 Å². The number of fused-ring (bicyclic) bond motifs is 1. The number of amides is 1. The van der Waals surface area contributed by atoms with E-state index in [1.165, 1.54) is 12.4 Å². The van der Waals surface area contributed by atoms with Gasteiger partial charge in [0.15, 0.2) is 17.1 Å². The summed E-state index contributed by atoms with van der Waals surface area (Å²) in [5.41, 5.74) is 0.572. The number of rotatable bonds is 4. The van der Waals surface area contributed by atoms with Crippen molar-refractivity contribution in [2.75, 3.05) is 20.2 Å². The average Bonchev–Trinajstić information content (AvgIpc) is 3.14. The lowest BCUT2D eigenvalue weighted by molar-refractivity contribution is 0.0491. The second-order valence-corrected chi connectivity index (χ2v) is 6.74. The Labute approximate surface area is 160 Å². The molecule has 8 heteroatoms. The van der Waals surface area contributed by atoms with Gasteiger partial charge in [0.05, 0.1) is 31.1 Å². The number of hydrogen-bond acceptors (Lipinski definition) is 6. The Morgan fingerprint density at radius 1 is 1.33 bits per heavy atom. The molecule has 0 bridgehead atoms. The number of aromatic nitrogens is 2. The molecule has 1 aliphatic heterocycles. The Kier molecular flexibility index (Phi) is 4.85. The minimum absolute atomic E-state index is 0.168. The van der Waals surface area contributed by atoms with E-state index >= 15 is 0 Å². The number of piperidine rings is 1. The SMILES string of the molecule is COc1cccc2cc(C(=O)N3CCC[C@@H](Oc4ncc(Cl)cn4)C3)oc12. The van der Waals surface area contributed by atoms with Crippen molar-refractivity contribution in [1.29, 1.82) is 0 Å². The summed E-state index contributed by atoms with van der Waals surface area (Å²) >= 11 is 5.79. The second-order valence-electron chi connectivity index (χ2n) is 6.31. The highest BCUT2D eigenvalue weighted by atomic mass is 35.5. The number of para-hydroxylation sites is 1. The summed E-state index contributed by atoms with van der Waals surface area (Å²) < 4.78 is 16.9. The van der Waals surface area contributed by atoms with Crippen LogP contribution in [0.15, 0.2) is 41.1 Å². The zero-order valence-corrected chi connectivity index (χ0v) is 15.5. The van der Waals surface area contributed by atoms with Crippen LogP contribution in [0.4, 0.5) is 0 Å². The number of likely N-dealkylation sites (tertiary alicyclic amines) is 1. The van der Waals surface area contributed by atoms with Gasteiger partial charge in [-0.3, -0.25) is 4.79 Å². The Balaban J connectivity index is 1.49. The number of benzene rings is 1. The van der Waals surface area contributed by atoms with Gasteiger partial charge >= 0.3 is 6.01 Å². The lowest BCUT2D eigenvalue weighted by Gasteiger charge is -2.31. The predicted octanol–water partition coefficient (Wildman–Crippen LogP) is 3.57. The molecule has 4 rings (SSSR count). The van der Waals surface area contributed by atoms with E-state index in [9.17, 15) is 4.79 Å². The number of nitrogens with zero attached hydrogens (tertiary/aromatic N) is 3. The fraction of sp³-hybridized carbons (Fsp3) is 0.316. The van der Waals surface area contributed by atoms with Gasteiger partial charge in [0, 0.05) is 11.9 Å². The third-order valence-corrected chi connectivity index (χ3v) is 4.67. The molecule has 0 saturated carbocycles. The first kappa shape index (κ1) is 17.6. The van der Waals surface area contributed by atoms with Gasteiger partial charge in [-0.2, -0.15) is 0 Å². The van der Waals surface area contributed by atoms with E-state index in [4.69, 9.17) is 25.5 Å². The highest BCUT2D eigenvalue weighted by molar-refractivity contribution is 6.30. The third kappa shape index (κ3) is 3.68. The van der Waals surface area contributed by atoms with Crippen LogP contribution in [0.5, 0.6) is 11.8 Å². The highest BCUT2D eigenvalue weighted by Crippen LogP contribution is 2.29. The Morgan fingerprint density at radius 3 is 2.93 bits per heavy atom. The topological polar surface area (TPSA) is 77.7 Å². The van der Waals surface area contributed by atoms with Crippen LogP contribution in [0.3, 0.4) is 0 Å². The Morgan fingerprint density at radius 2 is 2.15 bits per heavy atom. The molecule has 1 aromatic carbocycles. The molecule has 1 saturated heterocycles. The lowest BCUT2D eigenvalue weighted by Crippen LogP contribution is -2.44. The molecule has 1 amide bonds. The Bertz CT molecular complexity index is 957. The van der Waals surface area contributed by atoms with E-state index < -0.39 is 0 Å². The number of furan rings is 1. The molecule has 1 atom stereocenters. The van der Waals surface area contributed by atoms with Crippen LogP contribution in [-0.2, 0) is 0 Å². The quantitative estimate of drug-likeness (QED) is 0.681. The zero-order chi connectivity index (χ0) is 18.8. The molecule has 0 radical (unpaired) electrons. The minimum Gasteiger partial charge on any atom is -0.493 e. The largest absolute Gasteiger partial charge is 0.493 e. The summed E-state index contributed by atoms with van der Waals surface area (Å²) in [5.74, 6) is 0.725. The predicted molar refractivity (Wildman–Crippen MR) is 99.4 cm³/mol. The summed E-state index contributed by atoms with van der Waals surface area (Å²) in [6.07, 6.45) is 4.44. The van der Waals surface area contributed by atoms with Crippen molar-refractivity contribution in [1.82, 2.24) is 14.9 Å². The standard InChI is InChI=1S/C19H18ClN3O4/c1-25-15-6-2-4-12-8-16(27-17(12)15)18(24)23-7-3-5-14(11-23)26-19-21-9-13(20)10-22-19/h2,4,6,8-10,14H,3,5,7,11H2,1H3/t14-/m1/s1. The fourth-order valence-electron chi connectivity index (χ4n) is 3.19. The molecule has 3 aromatic rings. The maximum absolute atomic E-state index is 12.9. The van der Waals surface area contributed by atoms with Gasteiger partial charge in [-0.25, -0.2) is 9.97 Å². The van der Waals surface area contributed by atoms with E-state index in [-0.39, 0.29) is 23.8 Å². The number of hydrogen-bond donors (Lipinski definition) is 0. The lowest BCUT2D eigenvalue weighted by atomic mass is 10.1. The molecular weight excluding hydrogens is 370 g/mol.